The predicted octanol–water partition coefficient (Wildman–Crippen LogP) is 2.30. The molecule has 0 aliphatic carbocycles. The second-order valence-corrected chi connectivity index (χ2v) is 2.79. The second-order valence-electron chi connectivity index (χ2n) is 2.40. The van der Waals surface area contributed by atoms with Gasteiger partial charge in [0.15, 0.2) is 0 Å². The number of halogens is 4. The average Bonchev–Trinajstić information content (AvgIpc) is 2.01. The van der Waals surface area contributed by atoms with E-state index in [1.165, 1.54) is 18.2 Å². The highest BCUT2D eigenvalue weighted by atomic mass is 35.5. The van der Waals surface area contributed by atoms with E-state index in [1.807, 2.05) is 0 Å². The summed E-state index contributed by atoms with van der Waals surface area (Å²) in [6, 6.07) is 1.86. The molecule has 1 aromatic rings. The molecule has 1 atom stereocenters. The molecule has 0 radical (unpaired) electrons. The minimum atomic E-state index is -4.49. The smallest absolute Gasteiger partial charge is 0.315 e. The van der Waals surface area contributed by atoms with E-state index in [9.17, 15) is 13.2 Å². The van der Waals surface area contributed by atoms with E-state index < -0.39 is 12.2 Å². The predicted molar refractivity (Wildman–Crippen MR) is 42.2 cm³/mol. The highest BCUT2D eigenvalue weighted by molar-refractivity contribution is 6.29. The van der Waals surface area contributed by atoms with Crippen molar-refractivity contribution >= 4 is 11.6 Å². The summed E-state index contributed by atoms with van der Waals surface area (Å²) >= 11 is 5.40. The third-order valence-corrected chi connectivity index (χ3v) is 1.62. The monoisotopic (exact) mass is 210 g/mol. The molecule has 0 amide bonds. The maximum absolute atomic E-state index is 12.1. The van der Waals surface area contributed by atoms with Crippen LogP contribution in [0.1, 0.15) is 11.7 Å². The highest BCUT2D eigenvalue weighted by Gasteiger charge is 2.38. The molecule has 6 heteroatoms. The molecule has 0 unspecified atom stereocenters. The highest BCUT2D eigenvalue weighted by Crippen LogP contribution is 2.29. The first-order valence-electron chi connectivity index (χ1n) is 3.36. The van der Waals surface area contributed by atoms with Gasteiger partial charge in [-0.05, 0) is 12.1 Å². The van der Waals surface area contributed by atoms with Crippen molar-refractivity contribution in [2.45, 2.75) is 12.2 Å². The number of hydrogen-bond acceptors (Lipinski definition) is 2. The Morgan fingerprint density at radius 2 is 2.00 bits per heavy atom. The summed E-state index contributed by atoms with van der Waals surface area (Å²) in [5.74, 6) is 0. The van der Waals surface area contributed by atoms with Crippen molar-refractivity contribution in [1.82, 2.24) is 4.98 Å². The standard InChI is InChI=1S/C7H6ClF3N2/c8-5-3-1-2-4(13-5)6(12)7(9,10)11/h1-3,6H,12H2/t6-/m1/s1. The van der Waals surface area contributed by atoms with E-state index in [0.717, 1.165) is 0 Å². The van der Waals surface area contributed by atoms with Crippen LogP contribution >= 0.6 is 11.6 Å². The van der Waals surface area contributed by atoms with Crippen LogP contribution in [-0.2, 0) is 0 Å². The zero-order valence-electron chi connectivity index (χ0n) is 6.35. The Kier molecular flexibility index (Phi) is 2.77. The Balaban J connectivity index is 2.96. The Hall–Kier alpha value is -0.810. The van der Waals surface area contributed by atoms with E-state index in [-0.39, 0.29) is 10.8 Å². The number of pyridine rings is 1. The Morgan fingerprint density at radius 3 is 2.46 bits per heavy atom. The summed E-state index contributed by atoms with van der Waals surface area (Å²) in [5, 5.41) is -0.00259. The van der Waals surface area contributed by atoms with Crippen molar-refractivity contribution in [2.75, 3.05) is 0 Å². The molecule has 2 N–H and O–H groups in total. The van der Waals surface area contributed by atoms with Crippen LogP contribution in [0.25, 0.3) is 0 Å². The van der Waals surface area contributed by atoms with Gasteiger partial charge in [-0.3, -0.25) is 0 Å². The normalized spacial score (nSPS) is 14.2. The van der Waals surface area contributed by atoms with Gasteiger partial charge in [0.1, 0.15) is 11.2 Å². The summed E-state index contributed by atoms with van der Waals surface area (Å²) < 4.78 is 36.2. The van der Waals surface area contributed by atoms with E-state index in [4.69, 9.17) is 17.3 Å². The number of alkyl halides is 3. The van der Waals surface area contributed by atoms with Crippen LogP contribution < -0.4 is 5.73 Å². The molecule has 0 saturated heterocycles. The van der Waals surface area contributed by atoms with Crippen molar-refractivity contribution < 1.29 is 13.2 Å². The van der Waals surface area contributed by atoms with Crippen molar-refractivity contribution in [3.63, 3.8) is 0 Å². The molecular weight excluding hydrogens is 205 g/mol. The van der Waals surface area contributed by atoms with Crippen LogP contribution in [0.3, 0.4) is 0 Å². The third kappa shape index (κ3) is 2.57. The molecule has 0 aliphatic rings. The van der Waals surface area contributed by atoms with Gasteiger partial charge in [-0.2, -0.15) is 13.2 Å². The van der Waals surface area contributed by atoms with Gasteiger partial charge >= 0.3 is 6.18 Å². The molecule has 13 heavy (non-hydrogen) atoms. The summed E-state index contributed by atoms with van der Waals surface area (Å²) in [6.45, 7) is 0. The molecule has 1 aromatic heterocycles. The lowest BCUT2D eigenvalue weighted by atomic mass is 10.2. The minimum absolute atomic E-state index is 0.00259. The number of hydrogen-bond donors (Lipinski definition) is 1. The van der Waals surface area contributed by atoms with E-state index in [0.29, 0.717) is 0 Å². The first-order valence-corrected chi connectivity index (χ1v) is 3.74. The number of nitrogens with zero attached hydrogens (tertiary/aromatic N) is 1. The van der Waals surface area contributed by atoms with Gasteiger partial charge in [0.25, 0.3) is 0 Å². The molecule has 0 fully saturated rings. The van der Waals surface area contributed by atoms with Crippen LogP contribution in [-0.4, -0.2) is 11.2 Å². The van der Waals surface area contributed by atoms with Gasteiger partial charge in [-0.15, -0.1) is 0 Å². The zero-order valence-corrected chi connectivity index (χ0v) is 7.10. The Bertz CT molecular complexity index is 300. The maximum Gasteiger partial charge on any atom is 0.409 e. The van der Waals surface area contributed by atoms with Crippen LogP contribution in [0.5, 0.6) is 0 Å². The van der Waals surface area contributed by atoms with Gasteiger partial charge in [-0.25, -0.2) is 4.98 Å². The Morgan fingerprint density at radius 1 is 1.38 bits per heavy atom. The molecule has 1 heterocycles. The van der Waals surface area contributed by atoms with Crippen LogP contribution in [0, 0.1) is 0 Å². The van der Waals surface area contributed by atoms with Gasteiger partial charge in [0.05, 0.1) is 5.69 Å². The van der Waals surface area contributed by atoms with Crippen LogP contribution in [0.2, 0.25) is 5.15 Å². The average molecular weight is 211 g/mol. The molecule has 1 rings (SSSR count). The molecular formula is C7H6ClF3N2. The number of aromatic nitrogens is 1. The molecule has 0 aliphatic heterocycles. The summed E-state index contributed by atoms with van der Waals surface area (Å²) in [4.78, 5) is 3.46. The zero-order chi connectivity index (χ0) is 10.1. The summed E-state index contributed by atoms with van der Waals surface area (Å²) in [6.07, 6.45) is -4.49. The summed E-state index contributed by atoms with van der Waals surface area (Å²) in [5.41, 5.74) is 4.62. The topological polar surface area (TPSA) is 38.9 Å². The molecule has 0 aromatic carbocycles. The van der Waals surface area contributed by atoms with Crippen LogP contribution in [0.15, 0.2) is 18.2 Å². The van der Waals surface area contributed by atoms with Crippen molar-refractivity contribution in [3.05, 3.63) is 29.0 Å². The molecule has 2 nitrogen and oxygen atoms in total. The number of rotatable bonds is 1. The number of nitrogens with two attached hydrogens (primary N) is 1. The van der Waals surface area contributed by atoms with Crippen molar-refractivity contribution in [3.8, 4) is 0 Å². The third-order valence-electron chi connectivity index (χ3n) is 1.41. The lowest BCUT2D eigenvalue weighted by molar-refractivity contribution is -0.149. The van der Waals surface area contributed by atoms with Crippen molar-refractivity contribution in [2.24, 2.45) is 5.73 Å². The van der Waals surface area contributed by atoms with Gasteiger partial charge < -0.3 is 5.73 Å². The van der Waals surface area contributed by atoms with E-state index >= 15 is 0 Å². The lowest BCUT2D eigenvalue weighted by Crippen LogP contribution is -2.29. The van der Waals surface area contributed by atoms with E-state index in [2.05, 4.69) is 4.98 Å². The van der Waals surface area contributed by atoms with E-state index in [1.54, 1.807) is 0 Å². The maximum atomic E-state index is 12.1. The van der Waals surface area contributed by atoms with Gasteiger partial charge in [0, 0.05) is 0 Å². The van der Waals surface area contributed by atoms with Gasteiger partial charge in [0.2, 0.25) is 0 Å². The molecule has 0 spiro atoms. The minimum Gasteiger partial charge on any atom is -0.315 e. The Labute approximate surface area is 77.5 Å². The van der Waals surface area contributed by atoms with Crippen molar-refractivity contribution in [1.29, 1.82) is 0 Å². The first-order chi connectivity index (χ1) is 5.91. The lowest BCUT2D eigenvalue weighted by Gasteiger charge is -2.14. The van der Waals surface area contributed by atoms with Crippen LogP contribution in [0.4, 0.5) is 13.2 Å². The summed E-state index contributed by atoms with van der Waals surface area (Å²) in [7, 11) is 0. The fourth-order valence-electron chi connectivity index (χ4n) is 0.765. The first kappa shape index (κ1) is 10.3. The molecule has 0 saturated carbocycles. The van der Waals surface area contributed by atoms with Gasteiger partial charge in [-0.1, -0.05) is 17.7 Å². The quantitative estimate of drug-likeness (QED) is 0.723. The molecule has 72 valence electrons. The fourth-order valence-corrected chi connectivity index (χ4v) is 0.935. The second kappa shape index (κ2) is 3.51. The largest absolute Gasteiger partial charge is 0.409 e. The molecule has 0 bridgehead atoms. The fraction of sp³-hybridized carbons (Fsp3) is 0.286. The SMILES string of the molecule is N[C@H](c1cccc(Cl)n1)C(F)(F)F.